The lowest BCUT2D eigenvalue weighted by molar-refractivity contribution is 0.730. The van der Waals surface area contributed by atoms with E-state index in [2.05, 4.69) is 34.9 Å². The largest absolute Gasteiger partial charge is 0.272 e. The van der Waals surface area contributed by atoms with Crippen LogP contribution in [0.4, 0.5) is 0 Å². The summed E-state index contributed by atoms with van der Waals surface area (Å²) in [6.07, 6.45) is 1.27. The lowest BCUT2D eigenvalue weighted by Crippen LogP contribution is -1.93. The molecule has 0 N–H and O–H groups in total. The molecule has 2 nitrogen and oxygen atoms in total. The van der Waals surface area contributed by atoms with Crippen LogP contribution in [0.3, 0.4) is 0 Å². The van der Waals surface area contributed by atoms with Gasteiger partial charge >= 0.3 is 0 Å². The van der Waals surface area contributed by atoms with Crippen LogP contribution in [0, 0.1) is 13.8 Å². The third-order valence-corrected chi connectivity index (χ3v) is 3.66. The van der Waals surface area contributed by atoms with Gasteiger partial charge in [-0.05, 0) is 20.3 Å². The van der Waals surface area contributed by atoms with E-state index in [9.17, 15) is 0 Å². The van der Waals surface area contributed by atoms with Crippen LogP contribution < -0.4 is 0 Å². The van der Waals surface area contributed by atoms with E-state index in [1.807, 2.05) is 11.7 Å². The highest BCUT2D eigenvalue weighted by Crippen LogP contribution is 2.48. The maximum absolute atomic E-state index is 4.40. The number of hydrogen-bond donors (Lipinski definition) is 0. The van der Waals surface area contributed by atoms with Crippen LogP contribution in [-0.4, -0.2) is 14.6 Å². The minimum absolute atomic E-state index is 0.694. The average molecular weight is 229 g/mol. The zero-order valence-corrected chi connectivity index (χ0v) is 9.22. The summed E-state index contributed by atoms with van der Waals surface area (Å²) in [7, 11) is 2.01. The van der Waals surface area contributed by atoms with Crippen molar-refractivity contribution in [3.05, 3.63) is 17.0 Å². The Hall–Kier alpha value is -0.310. The van der Waals surface area contributed by atoms with Crippen molar-refractivity contribution >= 4 is 15.9 Å². The van der Waals surface area contributed by atoms with Crippen LogP contribution >= 0.6 is 15.9 Å². The third kappa shape index (κ3) is 1.11. The molecule has 1 aliphatic rings. The van der Waals surface area contributed by atoms with Crippen LogP contribution in [0.15, 0.2) is 0 Å². The number of aromatic nitrogens is 2. The van der Waals surface area contributed by atoms with Crippen molar-refractivity contribution in [3.8, 4) is 0 Å². The molecular weight excluding hydrogens is 216 g/mol. The van der Waals surface area contributed by atoms with E-state index in [0.29, 0.717) is 4.83 Å². The summed E-state index contributed by atoms with van der Waals surface area (Å²) >= 11 is 3.63. The molecule has 0 bridgehead atoms. The maximum atomic E-state index is 4.40. The maximum Gasteiger partial charge on any atom is 0.0631 e. The van der Waals surface area contributed by atoms with Gasteiger partial charge in [0.15, 0.2) is 0 Å². The summed E-state index contributed by atoms with van der Waals surface area (Å²) in [4.78, 5) is 0.694. The summed E-state index contributed by atoms with van der Waals surface area (Å²) < 4.78 is 1.97. The first-order chi connectivity index (χ1) is 5.61. The van der Waals surface area contributed by atoms with Gasteiger partial charge in [-0.2, -0.15) is 5.10 Å². The van der Waals surface area contributed by atoms with Crippen molar-refractivity contribution in [1.82, 2.24) is 9.78 Å². The average Bonchev–Trinajstić information content (AvgIpc) is 2.61. The number of aryl methyl sites for hydroxylation is 2. The Labute approximate surface area is 81.1 Å². The molecule has 2 rings (SSSR count). The summed E-state index contributed by atoms with van der Waals surface area (Å²) in [5.74, 6) is 0.721. The molecule has 0 aliphatic heterocycles. The smallest absolute Gasteiger partial charge is 0.0631 e. The molecule has 0 unspecified atom stereocenters. The fourth-order valence-corrected chi connectivity index (χ4v) is 2.46. The molecule has 66 valence electrons. The summed E-state index contributed by atoms with van der Waals surface area (Å²) in [5, 5.41) is 4.40. The Kier molecular flexibility index (Phi) is 1.79. The molecule has 0 amide bonds. The lowest BCUT2D eigenvalue weighted by Gasteiger charge is -1.97. The van der Waals surface area contributed by atoms with Gasteiger partial charge < -0.3 is 0 Å². The predicted octanol–water partition coefficient (Wildman–Crippen LogP) is 2.29. The van der Waals surface area contributed by atoms with Gasteiger partial charge in [-0.15, -0.1) is 0 Å². The van der Waals surface area contributed by atoms with E-state index in [1.165, 1.54) is 23.4 Å². The Morgan fingerprint density at radius 2 is 2.08 bits per heavy atom. The second kappa shape index (κ2) is 2.59. The molecule has 1 aliphatic carbocycles. The Balaban J connectivity index is 2.42. The van der Waals surface area contributed by atoms with Gasteiger partial charge in [-0.1, -0.05) is 15.9 Å². The molecule has 1 fully saturated rings. The molecule has 3 heteroatoms. The minimum atomic E-state index is 0.694. The quantitative estimate of drug-likeness (QED) is 0.675. The topological polar surface area (TPSA) is 17.8 Å². The Morgan fingerprint density at radius 3 is 2.42 bits per heavy atom. The highest BCUT2D eigenvalue weighted by atomic mass is 79.9. The Bertz CT molecular complexity index is 317. The molecule has 1 saturated carbocycles. The summed E-state index contributed by atoms with van der Waals surface area (Å²) in [5.41, 5.74) is 3.97. The van der Waals surface area contributed by atoms with Crippen molar-refractivity contribution < 1.29 is 0 Å². The number of hydrogen-bond acceptors (Lipinski definition) is 1. The molecule has 0 spiro atoms. The van der Waals surface area contributed by atoms with E-state index < -0.39 is 0 Å². The first-order valence-electron chi connectivity index (χ1n) is 4.25. The van der Waals surface area contributed by atoms with Crippen molar-refractivity contribution in [2.75, 3.05) is 0 Å². The number of nitrogens with zero attached hydrogens (tertiary/aromatic N) is 2. The monoisotopic (exact) mass is 228 g/mol. The Morgan fingerprint density at radius 1 is 1.50 bits per heavy atom. The van der Waals surface area contributed by atoms with Gasteiger partial charge in [0, 0.05) is 29.1 Å². The fourth-order valence-electron chi connectivity index (χ4n) is 1.79. The number of rotatable bonds is 1. The first-order valence-corrected chi connectivity index (χ1v) is 5.17. The third-order valence-electron chi connectivity index (χ3n) is 2.65. The molecule has 1 aromatic heterocycles. The molecule has 1 heterocycles. The van der Waals surface area contributed by atoms with Gasteiger partial charge in [0.1, 0.15) is 0 Å². The second-order valence-corrected chi connectivity index (χ2v) is 4.74. The van der Waals surface area contributed by atoms with E-state index in [0.717, 1.165) is 5.92 Å². The zero-order valence-electron chi connectivity index (χ0n) is 7.63. The van der Waals surface area contributed by atoms with Crippen LogP contribution in [0.5, 0.6) is 0 Å². The lowest BCUT2D eigenvalue weighted by atomic mass is 10.1. The molecular formula is C9H13BrN2. The van der Waals surface area contributed by atoms with Gasteiger partial charge in [-0.25, -0.2) is 0 Å². The van der Waals surface area contributed by atoms with Crippen LogP contribution in [0.2, 0.25) is 0 Å². The van der Waals surface area contributed by atoms with Gasteiger partial charge in [-0.3, -0.25) is 4.68 Å². The van der Waals surface area contributed by atoms with Crippen molar-refractivity contribution in [2.24, 2.45) is 7.05 Å². The van der Waals surface area contributed by atoms with E-state index in [1.54, 1.807) is 0 Å². The second-order valence-electron chi connectivity index (χ2n) is 3.57. The van der Waals surface area contributed by atoms with E-state index >= 15 is 0 Å². The van der Waals surface area contributed by atoms with Crippen molar-refractivity contribution in [2.45, 2.75) is 31.0 Å². The van der Waals surface area contributed by atoms with Crippen LogP contribution in [-0.2, 0) is 7.05 Å². The zero-order chi connectivity index (χ0) is 8.88. The van der Waals surface area contributed by atoms with Crippen molar-refractivity contribution in [1.29, 1.82) is 0 Å². The van der Waals surface area contributed by atoms with E-state index in [-0.39, 0.29) is 0 Å². The highest BCUT2D eigenvalue weighted by molar-refractivity contribution is 9.09. The minimum Gasteiger partial charge on any atom is -0.272 e. The fraction of sp³-hybridized carbons (Fsp3) is 0.667. The molecule has 0 saturated heterocycles. The molecule has 0 radical (unpaired) electrons. The van der Waals surface area contributed by atoms with Gasteiger partial charge in [0.25, 0.3) is 0 Å². The molecule has 1 aromatic rings. The summed E-state index contributed by atoms with van der Waals surface area (Å²) in [6, 6.07) is 0. The van der Waals surface area contributed by atoms with Crippen LogP contribution in [0.1, 0.15) is 29.3 Å². The number of halogens is 1. The van der Waals surface area contributed by atoms with Gasteiger partial charge in [0.05, 0.1) is 5.69 Å². The first kappa shape index (κ1) is 8.30. The number of alkyl halides is 1. The van der Waals surface area contributed by atoms with Gasteiger partial charge in [0.2, 0.25) is 0 Å². The molecule has 12 heavy (non-hydrogen) atoms. The normalized spacial score (nSPS) is 27.7. The highest BCUT2D eigenvalue weighted by Gasteiger charge is 2.39. The van der Waals surface area contributed by atoms with Crippen molar-refractivity contribution in [3.63, 3.8) is 0 Å². The standard InChI is InChI=1S/C9H13BrN2/c1-5-9(7-4-8(7)10)6(2)12(3)11-5/h7-8H,4H2,1-3H3/t7-,8-/m1/s1. The van der Waals surface area contributed by atoms with Crippen LogP contribution in [0.25, 0.3) is 0 Å². The SMILES string of the molecule is Cc1nn(C)c(C)c1[C@@H]1C[C@H]1Br. The predicted molar refractivity (Wildman–Crippen MR) is 52.8 cm³/mol. The summed E-state index contributed by atoms with van der Waals surface area (Å²) in [6.45, 7) is 4.24. The molecule has 2 atom stereocenters. The molecule has 0 aromatic carbocycles. The van der Waals surface area contributed by atoms with E-state index in [4.69, 9.17) is 0 Å².